The molecule has 6 heterocycles. The number of hydrogen-bond acceptors (Lipinski definition) is 13. The van der Waals surface area contributed by atoms with Gasteiger partial charge in [-0.3, -0.25) is 24.5 Å². The van der Waals surface area contributed by atoms with Crippen LogP contribution in [-0.2, 0) is 35.1 Å². The molecule has 20 heteroatoms. The van der Waals surface area contributed by atoms with Gasteiger partial charge in [0.05, 0.1) is 44.6 Å². The summed E-state index contributed by atoms with van der Waals surface area (Å²) in [6.45, 7) is -0.0530. The summed E-state index contributed by atoms with van der Waals surface area (Å²) in [6, 6.07) is 36.9. The summed E-state index contributed by atoms with van der Waals surface area (Å²) in [4.78, 5) is 24.9. The van der Waals surface area contributed by atoms with E-state index in [9.17, 15) is 26.4 Å². The molecule has 0 spiro atoms. The second-order valence-electron chi connectivity index (χ2n) is 15.4. The number of carbonyl (C=O) groups is 2. The summed E-state index contributed by atoms with van der Waals surface area (Å²) >= 11 is 3.41. The molecule has 12 rings (SSSR count). The van der Waals surface area contributed by atoms with Crippen molar-refractivity contribution in [2.75, 3.05) is 29.0 Å². The molecule has 336 valence electrons. The fraction of sp³-hybridized carbons (Fsp3) is 0.0638. The molecule has 0 atom stereocenters. The van der Waals surface area contributed by atoms with Gasteiger partial charge in [-0.2, -0.15) is 10.2 Å². The molecule has 0 saturated heterocycles. The van der Waals surface area contributed by atoms with Gasteiger partial charge in [0, 0.05) is 69.4 Å². The first-order chi connectivity index (χ1) is 32.2. The number of nitrogens with one attached hydrogen (secondary N) is 4. The molecule has 0 bridgehead atoms. The van der Waals surface area contributed by atoms with Gasteiger partial charge in [-0.05, 0) is 95.7 Å². The number of anilines is 3. The third kappa shape index (κ3) is 9.14. The first-order valence-corrected chi connectivity index (χ1v) is 25.7. The highest BCUT2D eigenvalue weighted by atomic mass is 35.7. The van der Waals surface area contributed by atoms with Gasteiger partial charge in [-0.15, -0.1) is 22.7 Å². The number of Topliss-reactive ketones (excluding diaryl/α,β-unsaturated/α-hetero) is 1. The van der Waals surface area contributed by atoms with Gasteiger partial charge in [0.15, 0.2) is 12.4 Å². The molecule has 0 radical (unpaired) electrons. The van der Waals surface area contributed by atoms with Crippen LogP contribution in [0.1, 0.15) is 5.56 Å². The van der Waals surface area contributed by atoms with Crippen LogP contribution in [-0.4, -0.2) is 62.1 Å². The highest BCUT2D eigenvalue weighted by Gasteiger charge is 2.23. The summed E-state index contributed by atoms with van der Waals surface area (Å²) < 4.78 is 63.9. The lowest BCUT2D eigenvalue weighted by atomic mass is 10.1. The Bertz CT molecular complexity index is 3760. The molecule has 2 aliphatic heterocycles. The summed E-state index contributed by atoms with van der Waals surface area (Å²) in [5.74, 6) is 0.564. The first-order valence-electron chi connectivity index (χ1n) is 20.2. The number of aromatic amines is 2. The molecule has 67 heavy (non-hydrogen) atoms. The van der Waals surface area contributed by atoms with Crippen molar-refractivity contribution in [3.05, 3.63) is 139 Å². The predicted octanol–water partition coefficient (Wildman–Crippen LogP) is 9.72. The van der Waals surface area contributed by atoms with Gasteiger partial charge in [0.1, 0.15) is 18.1 Å². The third-order valence-corrected chi connectivity index (χ3v) is 15.8. The van der Waals surface area contributed by atoms with Crippen LogP contribution in [0.5, 0.6) is 11.5 Å². The zero-order valence-corrected chi connectivity index (χ0v) is 38.6. The normalized spacial score (nSPS) is 13.4. The monoisotopic (exact) mass is 987 g/mol. The van der Waals surface area contributed by atoms with Crippen molar-refractivity contribution in [1.82, 2.24) is 20.4 Å². The Morgan fingerprint density at radius 2 is 1.24 bits per heavy atom. The van der Waals surface area contributed by atoms with E-state index in [1.165, 1.54) is 45.3 Å². The molecular weight excluding hydrogens is 954 g/mol. The minimum Gasteiger partial charge on any atom is -0.486 e. The number of ether oxygens (including phenoxy) is 2. The molecule has 6 aromatic carbocycles. The smallest absolute Gasteiger partial charge is 0.262 e. The Balaban J connectivity index is 0.000000130. The summed E-state index contributed by atoms with van der Waals surface area (Å²) in [5.41, 5.74) is 11.9. The number of fused-ring (bicyclic) bond motifs is 6. The van der Waals surface area contributed by atoms with Gasteiger partial charge in [0.25, 0.3) is 25.0 Å². The second kappa shape index (κ2) is 17.5. The number of nitrogens with two attached hydrogens (primary N) is 1. The fourth-order valence-corrected chi connectivity index (χ4v) is 11.7. The molecule has 0 unspecified atom stereocenters. The number of carbonyl (C=O) groups excluding carboxylic acids is 2. The van der Waals surface area contributed by atoms with E-state index in [1.54, 1.807) is 41.0 Å². The maximum absolute atomic E-state index is 13.2. The lowest BCUT2D eigenvalue weighted by Crippen LogP contribution is -2.25. The van der Waals surface area contributed by atoms with Gasteiger partial charge >= 0.3 is 0 Å². The molecule has 15 nitrogen and oxygen atoms in total. The third-order valence-electron chi connectivity index (χ3n) is 10.7. The fourth-order valence-electron chi connectivity index (χ4n) is 7.67. The first kappa shape index (κ1) is 43.6. The topological polar surface area (TPSA) is 228 Å². The number of amides is 1. The van der Waals surface area contributed by atoms with E-state index in [0.29, 0.717) is 28.4 Å². The predicted molar refractivity (Wildman–Crippen MR) is 263 cm³/mol. The van der Waals surface area contributed by atoms with Crippen LogP contribution in [0.3, 0.4) is 0 Å². The van der Waals surface area contributed by atoms with E-state index in [2.05, 4.69) is 79.0 Å². The van der Waals surface area contributed by atoms with Crippen molar-refractivity contribution >= 4 is 123 Å². The Morgan fingerprint density at radius 1 is 0.642 bits per heavy atom. The van der Waals surface area contributed by atoms with Gasteiger partial charge in [-0.25, -0.2) is 16.8 Å². The number of ketones is 1. The van der Waals surface area contributed by atoms with Crippen molar-refractivity contribution < 1.29 is 35.9 Å². The van der Waals surface area contributed by atoms with Crippen LogP contribution < -0.4 is 25.2 Å². The van der Waals surface area contributed by atoms with Gasteiger partial charge < -0.3 is 20.5 Å². The van der Waals surface area contributed by atoms with E-state index >= 15 is 0 Å². The number of nitrogen functional groups attached to an aromatic ring is 1. The van der Waals surface area contributed by atoms with E-state index in [-0.39, 0.29) is 41.1 Å². The van der Waals surface area contributed by atoms with Crippen LogP contribution >= 0.6 is 33.4 Å². The minimum atomic E-state index is -3.88. The maximum Gasteiger partial charge on any atom is 0.262 e. The van der Waals surface area contributed by atoms with Crippen LogP contribution in [0.2, 0.25) is 0 Å². The second-order valence-corrected chi connectivity index (χ2v) is 21.8. The number of thiophene rings is 2. The molecule has 1 amide bonds. The highest BCUT2D eigenvalue weighted by Crippen LogP contribution is 2.40. The van der Waals surface area contributed by atoms with Crippen LogP contribution in [0.15, 0.2) is 144 Å². The number of nitrogens with zero attached hydrogens (tertiary/aromatic N) is 2. The summed E-state index contributed by atoms with van der Waals surface area (Å²) in [7, 11) is -2.52. The Hall–Kier alpha value is -7.29. The number of sulfonamides is 1. The van der Waals surface area contributed by atoms with Crippen molar-refractivity contribution in [3.63, 3.8) is 0 Å². The largest absolute Gasteiger partial charge is 0.486 e. The standard InChI is InChI=1S/C24H17N3O4S2.C15H11N3S.C8H6ClNO4S/c28-18-8-15-9-19(5-6-21(15)31-13-18)33(29,30)27-17-7-16-12-25-26-24(16)20(11-17)23-10-14-3-1-2-4-22(14)32-23;16-11-5-10-8-17-18-15(10)12(7-11)14-6-9-3-1-2-4-13(9)19-14;9-15(12,13)5-1-2-7-6(3-5)10-8(11)4-14-7/h1-7,9-12,27H,8,13H2,(H,25,26);1-8H,16H2,(H,17,18);1-3H,4H2,(H,10,11). The van der Waals surface area contributed by atoms with Crippen molar-refractivity contribution in [3.8, 4) is 32.4 Å². The number of rotatable bonds is 6. The molecular formula is C47H34ClN7O8S4. The van der Waals surface area contributed by atoms with Crippen LogP contribution in [0.4, 0.5) is 17.1 Å². The molecule has 0 aliphatic carbocycles. The highest BCUT2D eigenvalue weighted by molar-refractivity contribution is 8.13. The van der Waals surface area contributed by atoms with Gasteiger partial charge in [0.2, 0.25) is 0 Å². The average Bonchev–Trinajstić information content (AvgIpc) is 4.14. The zero-order valence-electron chi connectivity index (χ0n) is 34.6. The number of hydrogen-bond donors (Lipinski definition) is 5. The van der Waals surface area contributed by atoms with E-state index in [1.807, 2.05) is 36.5 Å². The average molecular weight is 989 g/mol. The number of H-pyrrole nitrogens is 2. The molecule has 0 saturated carbocycles. The van der Waals surface area contributed by atoms with Crippen LogP contribution in [0.25, 0.3) is 62.9 Å². The molecule has 0 fully saturated rings. The maximum atomic E-state index is 13.2. The molecule has 10 aromatic rings. The molecule has 4 aromatic heterocycles. The molecule has 6 N–H and O–H groups in total. The summed E-state index contributed by atoms with van der Waals surface area (Å²) in [5, 5.41) is 21.1. The lowest BCUT2D eigenvalue weighted by molar-refractivity contribution is -0.121. The summed E-state index contributed by atoms with van der Waals surface area (Å²) in [6.07, 6.45) is 3.64. The zero-order chi connectivity index (χ0) is 46.5. The Morgan fingerprint density at radius 3 is 1.90 bits per heavy atom. The number of benzene rings is 6. The van der Waals surface area contributed by atoms with Gasteiger partial charge in [-0.1, -0.05) is 36.4 Å². The lowest BCUT2D eigenvalue weighted by Gasteiger charge is -2.17. The van der Waals surface area contributed by atoms with E-state index < -0.39 is 19.1 Å². The quantitative estimate of drug-likeness (QED) is 0.0778. The number of aromatic nitrogens is 4. The van der Waals surface area contributed by atoms with E-state index in [4.69, 9.17) is 25.9 Å². The molecule has 2 aliphatic rings. The number of halogens is 1. The Labute approximate surface area is 394 Å². The Kier molecular flexibility index (Phi) is 11.4. The van der Waals surface area contributed by atoms with Crippen LogP contribution in [0, 0.1) is 0 Å². The minimum absolute atomic E-state index is 0.0164. The van der Waals surface area contributed by atoms with Crippen molar-refractivity contribution in [1.29, 1.82) is 0 Å². The van der Waals surface area contributed by atoms with Crippen molar-refractivity contribution in [2.24, 2.45) is 0 Å². The van der Waals surface area contributed by atoms with Crippen molar-refractivity contribution in [2.45, 2.75) is 16.2 Å². The van der Waals surface area contributed by atoms with E-state index in [0.717, 1.165) is 53.6 Å². The SMILES string of the molecule is Nc1cc(-c2cc3ccccc3s2)c2[nH]ncc2c1.O=C1COc2ccc(S(=O)(=O)Cl)cc2N1.O=C1COc2ccc(S(=O)(=O)Nc3cc(-c4cc5ccccc5s4)c4[nH]ncc4c3)cc2C1.